The van der Waals surface area contributed by atoms with Crippen molar-refractivity contribution in [2.24, 2.45) is 0 Å². The van der Waals surface area contributed by atoms with Crippen LogP contribution in [0.4, 0.5) is 5.69 Å². The summed E-state index contributed by atoms with van der Waals surface area (Å²) in [6.07, 6.45) is 1.15. The lowest BCUT2D eigenvalue weighted by Crippen LogP contribution is -2.24. The van der Waals surface area contributed by atoms with Crippen LogP contribution in [0.15, 0.2) is 18.2 Å². The summed E-state index contributed by atoms with van der Waals surface area (Å²) in [4.78, 5) is 0. The molecule has 0 amide bonds. The average molecular weight is 162 g/mol. The third-order valence-corrected chi connectivity index (χ3v) is 2.41. The van der Waals surface area contributed by atoms with Gasteiger partial charge in [0.1, 0.15) is 0 Å². The Labute approximate surface area is 73.0 Å². The van der Waals surface area contributed by atoms with Gasteiger partial charge in [0, 0.05) is 19.3 Å². The first-order chi connectivity index (χ1) is 5.92. The molecule has 12 heavy (non-hydrogen) atoms. The van der Waals surface area contributed by atoms with Gasteiger partial charge in [-0.3, -0.25) is 0 Å². The van der Waals surface area contributed by atoms with Crippen LogP contribution in [0, 0.1) is 0 Å². The van der Waals surface area contributed by atoms with Gasteiger partial charge < -0.3 is 10.6 Å². The molecule has 0 bridgehead atoms. The van der Waals surface area contributed by atoms with Crippen LogP contribution < -0.4 is 10.6 Å². The highest BCUT2D eigenvalue weighted by atomic mass is 14.9. The predicted octanol–water partition coefficient (Wildman–Crippen LogP) is 1.37. The zero-order valence-corrected chi connectivity index (χ0v) is 7.35. The van der Waals surface area contributed by atoms with E-state index in [2.05, 4.69) is 28.8 Å². The first-order valence-corrected chi connectivity index (χ1v) is 4.41. The van der Waals surface area contributed by atoms with Crippen molar-refractivity contribution in [2.75, 3.05) is 18.9 Å². The van der Waals surface area contributed by atoms with Gasteiger partial charge in [0.05, 0.1) is 0 Å². The lowest BCUT2D eigenvalue weighted by Gasteiger charge is -2.19. The van der Waals surface area contributed by atoms with E-state index in [1.165, 1.54) is 16.8 Å². The van der Waals surface area contributed by atoms with Crippen LogP contribution >= 0.6 is 0 Å². The first-order valence-electron chi connectivity index (χ1n) is 4.41. The maximum absolute atomic E-state index is 3.36. The van der Waals surface area contributed by atoms with Crippen molar-refractivity contribution in [3.05, 3.63) is 29.3 Å². The molecule has 64 valence electrons. The molecule has 2 nitrogen and oxygen atoms in total. The number of rotatable bonds is 1. The molecular weight excluding hydrogens is 148 g/mol. The summed E-state index contributed by atoms with van der Waals surface area (Å²) in [5.74, 6) is 0. The standard InChI is InChI=1S/C10H14N2/c1-11-10-4-2-3-8-7-12-6-5-9(8)10/h2-4,11-12H,5-7H2,1H3. The summed E-state index contributed by atoms with van der Waals surface area (Å²) >= 11 is 0. The van der Waals surface area contributed by atoms with Gasteiger partial charge in [-0.05, 0) is 30.2 Å². The van der Waals surface area contributed by atoms with Gasteiger partial charge in [0.2, 0.25) is 0 Å². The van der Waals surface area contributed by atoms with Crippen LogP contribution in [0.1, 0.15) is 11.1 Å². The molecule has 2 N–H and O–H groups in total. The number of fused-ring (bicyclic) bond motifs is 1. The molecule has 1 aliphatic heterocycles. The van der Waals surface area contributed by atoms with Crippen molar-refractivity contribution in [3.63, 3.8) is 0 Å². The highest BCUT2D eigenvalue weighted by Gasteiger charge is 2.10. The Morgan fingerprint density at radius 3 is 3.17 bits per heavy atom. The second-order valence-electron chi connectivity index (χ2n) is 3.12. The van der Waals surface area contributed by atoms with Crippen LogP contribution in [0.2, 0.25) is 0 Å². The van der Waals surface area contributed by atoms with E-state index in [1.54, 1.807) is 0 Å². The smallest absolute Gasteiger partial charge is 0.0373 e. The van der Waals surface area contributed by atoms with Gasteiger partial charge in [0.25, 0.3) is 0 Å². The molecule has 0 fully saturated rings. The predicted molar refractivity (Wildman–Crippen MR) is 51.4 cm³/mol. The molecule has 0 aliphatic carbocycles. The molecule has 0 aromatic heterocycles. The summed E-state index contributed by atoms with van der Waals surface area (Å²) in [7, 11) is 1.98. The van der Waals surface area contributed by atoms with Crippen molar-refractivity contribution in [1.29, 1.82) is 0 Å². The van der Waals surface area contributed by atoms with Gasteiger partial charge in [-0.2, -0.15) is 0 Å². The van der Waals surface area contributed by atoms with E-state index in [4.69, 9.17) is 0 Å². The number of hydrogen-bond acceptors (Lipinski definition) is 2. The fourth-order valence-corrected chi connectivity index (χ4v) is 1.77. The number of hydrogen-bond donors (Lipinski definition) is 2. The Hall–Kier alpha value is -1.02. The second-order valence-corrected chi connectivity index (χ2v) is 3.12. The van der Waals surface area contributed by atoms with Crippen molar-refractivity contribution >= 4 is 5.69 Å². The van der Waals surface area contributed by atoms with E-state index in [-0.39, 0.29) is 0 Å². The zero-order chi connectivity index (χ0) is 8.39. The molecule has 0 saturated heterocycles. The van der Waals surface area contributed by atoms with E-state index in [1.807, 2.05) is 7.05 Å². The maximum atomic E-state index is 3.36. The van der Waals surface area contributed by atoms with Gasteiger partial charge in [-0.15, -0.1) is 0 Å². The van der Waals surface area contributed by atoms with Crippen molar-refractivity contribution in [1.82, 2.24) is 5.32 Å². The van der Waals surface area contributed by atoms with E-state index < -0.39 is 0 Å². The number of nitrogens with one attached hydrogen (secondary N) is 2. The highest BCUT2D eigenvalue weighted by molar-refractivity contribution is 5.55. The topological polar surface area (TPSA) is 24.1 Å². The molecular formula is C10H14N2. The second kappa shape index (κ2) is 3.15. The molecule has 0 atom stereocenters. The SMILES string of the molecule is CNc1cccc2c1CCNC2. The molecule has 0 spiro atoms. The minimum Gasteiger partial charge on any atom is -0.388 e. The molecule has 0 radical (unpaired) electrons. The summed E-state index contributed by atoms with van der Waals surface area (Å²) in [5.41, 5.74) is 4.21. The normalized spacial score (nSPS) is 15.4. The molecule has 1 aromatic carbocycles. The monoisotopic (exact) mass is 162 g/mol. The Kier molecular flexibility index (Phi) is 2.00. The van der Waals surface area contributed by atoms with Crippen molar-refractivity contribution < 1.29 is 0 Å². The lowest BCUT2D eigenvalue weighted by molar-refractivity contribution is 0.645. The van der Waals surface area contributed by atoms with Crippen LogP contribution in [0.25, 0.3) is 0 Å². The quantitative estimate of drug-likeness (QED) is 0.651. The number of benzene rings is 1. The minimum atomic E-state index is 1.02. The summed E-state index contributed by atoms with van der Waals surface area (Å²) in [6.45, 7) is 2.12. The molecule has 0 saturated carbocycles. The Balaban J connectivity index is 2.44. The third-order valence-electron chi connectivity index (χ3n) is 2.41. The molecule has 0 unspecified atom stereocenters. The third kappa shape index (κ3) is 1.18. The molecule has 1 aliphatic rings. The zero-order valence-electron chi connectivity index (χ0n) is 7.35. The van der Waals surface area contributed by atoms with E-state index in [9.17, 15) is 0 Å². The van der Waals surface area contributed by atoms with E-state index in [0.29, 0.717) is 0 Å². The van der Waals surface area contributed by atoms with E-state index in [0.717, 1.165) is 19.5 Å². The van der Waals surface area contributed by atoms with Crippen LogP contribution in [-0.2, 0) is 13.0 Å². The van der Waals surface area contributed by atoms with Gasteiger partial charge >= 0.3 is 0 Å². The maximum Gasteiger partial charge on any atom is 0.0373 e. The largest absolute Gasteiger partial charge is 0.388 e. The first kappa shape index (κ1) is 7.62. The van der Waals surface area contributed by atoms with Crippen LogP contribution in [0.5, 0.6) is 0 Å². The fraction of sp³-hybridized carbons (Fsp3) is 0.400. The minimum absolute atomic E-state index is 1.02. The molecule has 2 heteroatoms. The number of anilines is 1. The molecule has 2 rings (SSSR count). The van der Waals surface area contributed by atoms with Crippen LogP contribution in [0.3, 0.4) is 0 Å². The van der Waals surface area contributed by atoms with Gasteiger partial charge in [-0.25, -0.2) is 0 Å². The van der Waals surface area contributed by atoms with Gasteiger partial charge in [-0.1, -0.05) is 12.1 Å². The lowest BCUT2D eigenvalue weighted by atomic mass is 9.99. The molecule has 1 aromatic rings. The Morgan fingerprint density at radius 2 is 2.33 bits per heavy atom. The Bertz CT molecular complexity index is 267. The fourth-order valence-electron chi connectivity index (χ4n) is 1.77. The molecule has 1 heterocycles. The highest BCUT2D eigenvalue weighted by Crippen LogP contribution is 2.22. The van der Waals surface area contributed by atoms with Crippen LogP contribution in [-0.4, -0.2) is 13.6 Å². The van der Waals surface area contributed by atoms with E-state index >= 15 is 0 Å². The Morgan fingerprint density at radius 1 is 1.42 bits per heavy atom. The van der Waals surface area contributed by atoms with Gasteiger partial charge in [0.15, 0.2) is 0 Å². The van der Waals surface area contributed by atoms with Crippen molar-refractivity contribution in [3.8, 4) is 0 Å². The summed E-state index contributed by atoms with van der Waals surface area (Å²) in [6, 6.07) is 6.45. The summed E-state index contributed by atoms with van der Waals surface area (Å²) < 4.78 is 0. The average Bonchev–Trinajstić information content (AvgIpc) is 2.17. The van der Waals surface area contributed by atoms with Crippen molar-refractivity contribution in [2.45, 2.75) is 13.0 Å². The summed E-state index contributed by atoms with van der Waals surface area (Å²) in [5, 5.41) is 6.59.